The summed E-state index contributed by atoms with van der Waals surface area (Å²) in [6, 6.07) is 5.98. The minimum atomic E-state index is -0.638. The maximum Gasteiger partial charge on any atom is 0.224 e. The Morgan fingerprint density at radius 2 is 2.10 bits per heavy atom. The molecule has 0 aliphatic carbocycles. The molecule has 3 N–H and O–H groups in total. The third-order valence-corrected chi connectivity index (χ3v) is 2.81. The summed E-state index contributed by atoms with van der Waals surface area (Å²) in [5.41, 5.74) is 2.42. The molecule has 106 valence electrons. The molecule has 1 aromatic heterocycles. The molecule has 0 spiro atoms. The number of anilines is 1. The van der Waals surface area contributed by atoms with Gasteiger partial charge in [0.1, 0.15) is 11.6 Å². The number of rotatable bonds is 4. The lowest BCUT2D eigenvalue weighted by atomic mass is 10.2. The molecule has 0 unspecified atom stereocenters. The Labute approximate surface area is 120 Å². The summed E-state index contributed by atoms with van der Waals surface area (Å²) in [4.78, 5) is 8.39. The zero-order valence-corrected chi connectivity index (χ0v) is 11.8. The van der Waals surface area contributed by atoms with Gasteiger partial charge in [-0.05, 0) is 12.1 Å². The van der Waals surface area contributed by atoms with Crippen LogP contribution < -0.4 is 16.0 Å². The maximum absolute atomic E-state index is 13.8. The monoisotopic (exact) mass is 296 g/mol. The summed E-state index contributed by atoms with van der Waals surface area (Å²) in [6.07, 6.45) is 0. The van der Waals surface area contributed by atoms with Gasteiger partial charge in [0, 0.05) is 12.0 Å². The summed E-state index contributed by atoms with van der Waals surface area (Å²) in [5.74, 6) is 5.90. The smallest absolute Gasteiger partial charge is 0.224 e. The van der Waals surface area contributed by atoms with Crippen LogP contribution in [0.15, 0.2) is 24.3 Å². The van der Waals surface area contributed by atoms with Crippen molar-refractivity contribution in [2.75, 3.05) is 5.43 Å². The summed E-state index contributed by atoms with van der Waals surface area (Å²) in [5, 5.41) is -0.0159. The van der Waals surface area contributed by atoms with Gasteiger partial charge in [-0.2, -0.15) is 4.98 Å². The number of nitrogen functional groups attached to an aromatic ring is 1. The lowest BCUT2D eigenvalue weighted by Gasteiger charge is -2.11. The topological polar surface area (TPSA) is 73.1 Å². The van der Waals surface area contributed by atoms with E-state index in [1.165, 1.54) is 18.2 Å². The van der Waals surface area contributed by atoms with E-state index in [9.17, 15) is 4.39 Å². The van der Waals surface area contributed by atoms with E-state index in [1.807, 2.05) is 13.8 Å². The summed E-state index contributed by atoms with van der Waals surface area (Å²) in [7, 11) is 0. The lowest BCUT2D eigenvalue weighted by Crippen LogP contribution is -2.11. The van der Waals surface area contributed by atoms with Gasteiger partial charge in [-0.3, -0.25) is 0 Å². The van der Waals surface area contributed by atoms with Crippen LogP contribution >= 0.6 is 11.6 Å². The zero-order valence-electron chi connectivity index (χ0n) is 11.0. The predicted molar refractivity (Wildman–Crippen MR) is 75.4 cm³/mol. The molecular formula is C13H14ClFN4O. The second-order valence-electron chi connectivity index (χ2n) is 4.40. The number of nitrogens with zero attached hydrogens (tertiary/aromatic N) is 2. The van der Waals surface area contributed by atoms with Crippen molar-refractivity contribution in [2.24, 2.45) is 5.84 Å². The Morgan fingerprint density at radius 3 is 2.75 bits per heavy atom. The van der Waals surface area contributed by atoms with Crippen LogP contribution in [0.25, 0.3) is 0 Å². The molecule has 2 aromatic rings. The van der Waals surface area contributed by atoms with E-state index in [1.54, 1.807) is 6.07 Å². The van der Waals surface area contributed by atoms with Crippen molar-refractivity contribution in [3.8, 4) is 11.6 Å². The van der Waals surface area contributed by atoms with Crippen molar-refractivity contribution < 1.29 is 9.13 Å². The molecule has 20 heavy (non-hydrogen) atoms. The molecule has 0 fully saturated rings. The fourth-order valence-corrected chi connectivity index (χ4v) is 1.67. The first kappa shape index (κ1) is 14.5. The van der Waals surface area contributed by atoms with E-state index in [4.69, 9.17) is 22.2 Å². The Balaban J connectivity index is 2.37. The predicted octanol–water partition coefficient (Wildman–Crippen LogP) is 3.47. The number of halogens is 2. The number of aromatic nitrogens is 2. The Morgan fingerprint density at radius 1 is 1.35 bits per heavy atom. The van der Waals surface area contributed by atoms with Crippen LogP contribution in [0.2, 0.25) is 5.02 Å². The second-order valence-corrected chi connectivity index (χ2v) is 4.81. The van der Waals surface area contributed by atoms with Gasteiger partial charge >= 0.3 is 0 Å². The van der Waals surface area contributed by atoms with Crippen LogP contribution in [0.5, 0.6) is 11.6 Å². The molecule has 0 radical (unpaired) electrons. The summed E-state index contributed by atoms with van der Waals surface area (Å²) < 4.78 is 19.2. The molecule has 0 bridgehead atoms. The van der Waals surface area contributed by atoms with Gasteiger partial charge < -0.3 is 10.2 Å². The van der Waals surface area contributed by atoms with E-state index >= 15 is 0 Å². The minimum Gasteiger partial charge on any atom is -0.436 e. The maximum atomic E-state index is 13.8. The van der Waals surface area contributed by atoms with Crippen LogP contribution in [0.3, 0.4) is 0 Å². The second kappa shape index (κ2) is 6.02. The Bertz CT molecular complexity index is 621. The molecule has 1 heterocycles. The number of hydrogen-bond donors (Lipinski definition) is 2. The number of nitrogens with two attached hydrogens (primary N) is 1. The van der Waals surface area contributed by atoms with Gasteiger partial charge in [-0.15, -0.1) is 0 Å². The normalized spacial score (nSPS) is 10.7. The molecule has 0 saturated carbocycles. The molecule has 0 aliphatic rings. The zero-order chi connectivity index (χ0) is 14.7. The molecule has 0 aliphatic heterocycles. The first-order chi connectivity index (χ1) is 9.51. The quantitative estimate of drug-likeness (QED) is 0.667. The van der Waals surface area contributed by atoms with Crippen molar-refractivity contribution in [3.63, 3.8) is 0 Å². The molecule has 0 saturated heterocycles. The molecule has 1 aromatic carbocycles. The van der Waals surface area contributed by atoms with Crippen molar-refractivity contribution in [2.45, 2.75) is 19.8 Å². The number of nitrogens with one attached hydrogen (secondary N) is 1. The SMILES string of the molecule is CC(C)c1nc(NN)cc(Oc2cccc(Cl)c2F)n1. The van der Waals surface area contributed by atoms with Gasteiger partial charge in [-0.1, -0.05) is 31.5 Å². The van der Waals surface area contributed by atoms with Crippen LogP contribution in [0, 0.1) is 5.82 Å². The molecule has 0 atom stereocenters. The fourth-order valence-electron chi connectivity index (χ4n) is 1.50. The third-order valence-electron chi connectivity index (χ3n) is 2.51. The van der Waals surface area contributed by atoms with Gasteiger partial charge in [0.2, 0.25) is 5.88 Å². The van der Waals surface area contributed by atoms with Crippen molar-refractivity contribution in [1.29, 1.82) is 0 Å². The lowest BCUT2D eigenvalue weighted by molar-refractivity contribution is 0.424. The third kappa shape index (κ3) is 3.15. The minimum absolute atomic E-state index is 0.00567. The van der Waals surface area contributed by atoms with E-state index in [-0.39, 0.29) is 22.6 Å². The number of benzene rings is 1. The first-order valence-corrected chi connectivity index (χ1v) is 6.36. The Kier molecular flexibility index (Phi) is 4.36. The van der Waals surface area contributed by atoms with Gasteiger partial charge in [0.25, 0.3) is 0 Å². The van der Waals surface area contributed by atoms with E-state index < -0.39 is 5.82 Å². The van der Waals surface area contributed by atoms with Crippen molar-refractivity contribution in [3.05, 3.63) is 40.9 Å². The van der Waals surface area contributed by atoms with Crippen LogP contribution in [-0.2, 0) is 0 Å². The first-order valence-electron chi connectivity index (χ1n) is 5.98. The van der Waals surface area contributed by atoms with E-state index in [0.29, 0.717) is 11.6 Å². The highest BCUT2D eigenvalue weighted by Crippen LogP contribution is 2.29. The highest BCUT2D eigenvalue weighted by atomic mass is 35.5. The van der Waals surface area contributed by atoms with Gasteiger partial charge in [0.15, 0.2) is 11.6 Å². The average Bonchev–Trinajstić information content (AvgIpc) is 2.43. The van der Waals surface area contributed by atoms with Gasteiger partial charge in [0.05, 0.1) is 5.02 Å². The average molecular weight is 297 g/mol. The Hall–Kier alpha value is -1.92. The van der Waals surface area contributed by atoms with Crippen LogP contribution in [0.1, 0.15) is 25.6 Å². The number of hydrazine groups is 1. The molecular weight excluding hydrogens is 283 g/mol. The highest BCUT2D eigenvalue weighted by molar-refractivity contribution is 6.30. The van der Waals surface area contributed by atoms with Gasteiger partial charge in [-0.25, -0.2) is 15.2 Å². The molecule has 2 rings (SSSR count). The molecule has 0 amide bonds. The summed E-state index contributed by atoms with van der Waals surface area (Å²) in [6.45, 7) is 3.86. The largest absolute Gasteiger partial charge is 0.436 e. The van der Waals surface area contributed by atoms with E-state index in [0.717, 1.165) is 0 Å². The number of hydrogen-bond acceptors (Lipinski definition) is 5. The van der Waals surface area contributed by atoms with Crippen LogP contribution in [0.4, 0.5) is 10.2 Å². The fraction of sp³-hybridized carbons (Fsp3) is 0.231. The van der Waals surface area contributed by atoms with Crippen LogP contribution in [-0.4, -0.2) is 9.97 Å². The highest BCUT2D eigenvalue weighted by Gasteiger charge is 2.12. The summed E-state index contributed by atoms with van der Waals surface area (Å²) >= 11 is 5.70. The van der Waals surface area contributed by atoms with E-state index in [2.05, 4.69) is 15.4 Å². The van der Waals surface area contributed by atoms with Crippen molar-refractivity contribution >= 4 is 17.4 Å². The molecule has 7 heteroatoms. The standard InChI is InChI=1S/C13H14ClFN4O/c1-7(2)13-17-10(19-16)6-11(18-13)20-9-5-3-4-8(14)12(9)15/h3-7H,16H2,1-2H3,(H,17,18,19). The number of ether oxygens (including phenoxy) is 1. The molecule has 5 nitrogen and oxygen atoms in total. The van der Waals surface area contributed by atoms with Crippen molar-refractivity contribution in [1.82, 2.24) is 9.97 Å².